The highest BCUT2D eigenvalue weighted by Crippen LogP contribution is 2.33. The Morgan fingerprint density at radius 1 is 0.941 bits per heavy atom. The highest BCUT2D eigenvalue weighted by atomic mass is 19.1. The molecule has 4 aromatic rings. The zero-order valence-corrected chi connectivity index (χ0v) is 18.7. The Kier molecular flexibility index (Phi) is 5.21. The summed E-state index contributed by atoms with van der Waals surface area (Å²) in [5.74, 6) is 0.493. The maximum Gasteiger partial charge on any atom is 0.254 e. The Bertz CT molecular complexity index is 1370. The second-order valence-electron chi connectivity index (χ2n) is 9.21. The minimum atomic E-state index is -0.296. The third-order valence-electron chi connectivity index (χ3n) is 6.54. The summed E-state index contributed by atoms with van der Waals surface area (Å²) in [7, 11) is 0. The van der Waals surface area contributed by atoms with Crippen molar-refractivity contribution in [2.24, 2.45) is 0 Å². The molecular formula is C28H25FN4O. The van der Waals surface area contributed by atoms with E-state index in [1.54, 1.807) is 12.4 Å². The molecule has 0 bridgehead atoms. The third-order valence-corrected chi connectivity index (χ3v) is 6.54. The molecule has 0 spiro atoms. The van der Waals surface area contributed by atoms with Crippen molar-refractivity contribution in [2.45, 2.75) is 44.3 Å². The van der Waals surface area contributed by atoms with E-state index in [1.807, 2.05) is 53.4 Å². The van der Waals surface area contributed by atoms with Gasteiger partial charge in [0.25, 0.3) is 5.91 Å². The van der Waals surface area contributed by atoms with Crippen LogP contribution in [0.2, 0.25) is 0 Å². The van der Waals surface area contributed by atoms with Gasteiger partial charge in [0, 0.05) is 35.1 Å². The van der Waals surface area contributed by atoms with Crippen molar-refractivity contribution in [2.75, 3.05) is 5.32 Å². The van der Waals surface area contributed by atoms with Crippen LogP contribution < -0.4 is 5.32 Å². The molecule has 34 heavy (non-hydrogen) atoms. The van der Waals surface area contributed by atoms with E-state index in [0.29, 0.717) is 17.2 Å². The van der Waals surface area contributed by atoms with Crippen molar-refractivity contribution >= 4 is 22.6 Å². The van der Waals surface area contributed by atoms with Crippen molar-refractivity contribution < 1.29 is 9.18 Å². The molecule has 6 rings (SSSR count). The van der Waals surface area contributed by atoms with Crippen LogP contribution in [0.3, 0.4) is 0 Å². The lowest BCUT2D eigenvalue weighted by atomic mass is 10.0. The van der Waals surface area contributed by atoms with Gasteiger partial charge in [-0.1, -0.05) is 30.3 Å². The molecule has 2 aliphatic rings. The first-order valence-electron chi connectivity index (χ1n) is 11.8. The quantitative estimate of drug-likeness (QED) is 0.384. The maximum absolute atomic E-state index is 14.9. The molecular weight excluding hydrogens is 427 g/mol. The summed E-state index contributed by atoms with van der Waals surface area (Å²) in [5, 5.41) is 4.43. The first-order chi connectivity index (χ1) is 16.7. The van der Waals surface area contributed by atoms with Crippen molar-refractivity contribution in [3.63, 3.8) is 0 Å². The van der Waals surface area contributed by atoms with Gasteiger partial charge in [-0.3, -0.25) is 4.79 Å². The van der Waals surface area contributed by atoms with Gasteiger partial charge >= 0.3 is 0 Å². The average molecular weight is 453 g/mol. The molecule has 1 amide bonds. The van der Waals surface area contributed by atoms with E-state index in [2.05, 4.69) is 21.4 Å². The SMILES string of the molecule is O=C(c1ccccc1)N(Cc1cc(-c2ccc3ncnc(NC4CC4)c3c2)ccc1F)C1CC1. The number of nitrogens with zero attached hydrogens (tertiary/aromatic N) is 3. The second kappa shape index (κ2) is 8.52. The fraction of sp³-hybridized carbons (Fsp3) is 0.250. The largest absolute Gasteiger partial charge is 0.367 e. The minimum absolute atomic E-state index is 0.0495. The van der Waals surface area contributed by atoms with Crippen LogP contribution in [0, 0.1) is 5.82 Å². The van der Waals surface area contributed by atoms with Gasteiger partial charge in [-0.25, -0.2) is 14.4 Å². The van der Waals surface area contributed by atoms with Gasteiger partial charge in [0.05, 0.1) is 5.52 Å². The molecule has 2 fully saturated rings. The van der Waals surface area contributed by atoms with Crippen molar-refractivity contribution in [1.82, 2.24) is 14.9 Å². The smallest absolute Gasteiger partial charge is 0.254 e. The number of benzene rings is 3. The predicted octanol–water partition coefficient (Wildman–Crippen LogP) is 5.82. The van der Waals surface area contributed by atoms with Crippen LogP contribution in [0.4, 0.5) is 10.2 Å². The van der Waals surface area contributed by atoms with Crippen LogP contribution >= 0.6 is 0 Å². The van der Waals surface area contributed by atoms with E-state index >= 15 is 0 Å². The molecule has 5 nitrogen and oxygen atoms in total. The molecule has 2 aliphatic carbocycles. The molecule has 0 unspecified atom stereocenters. The summed E-state index contributed by atoms with van der Waals surface area (Å²) < 4.78 is 14.9. The fourth-order valence-electron chi connectivity index (χ4n) is 4.33. The monoisotopic (exact) mass is 452 g/mol. The number of nitrogens with one attached hydrogen (secondary N) is 1. The van der Waals surface area contributed by atoms with Gasteiger partial charge in [0.15, 0.2) is 0 Å². The summed E-state index contributed by atoms with van der Waals surface area (Å²) in [6.45, 7) is 0.253. The normalized spacial score (nSPS) is 15.3. The van der Waals surface area contributed by atoms with E-state index in [1.165, 1.54) is 6.07 Å². The number of amides is 1. The molecule has 0 radical (unpaired) electrons. The third kappa shape index (κ3) is 4.23. The topological polar surface area (TPSA) is 58.1 Å². The summed E-state index contributed by atoms with van der Waals surface area (Å²) in [4.78, 5) is 23.8. The Hall–Kier alpha value is -3.80. The van der Waals surface area contributed by atoms with Crippen molar-refractivity contribution in [3.05, 3.63) is 90.0 Å². The molecule has 6 heteroatoms. The van der Waals surface area contributed by atoms with Crippen LogP contribution in [0.1, 0.15) is 41.6 Å². The summed E-state index contributed by atoms with van der Waals surface area (Å²) in [6.07, 6.45) is 5.82. The number of hydrogen-bond donors (Lipinski definition) is 1. The Balaban J connectivity index is 1.32. The number of fused-ring (bicyclic) bond motifs is 1. The van der Waals surface area contributed by atoms with Gasteiger partial charge < -0.3 is 10.2 Å². The van der Waals surface area contributed by atoms with E-state index in [9.17, 15) is 9.18 Å². The van der Waals surface area contributed by atoms with Crippen molar-refractivity contribution in [3.8, 4) is 11.1 Å². The fourth-order valence-corrected chi connectivity index (χ4v) is 4.33. The molecule has 0 aliphatic heterocycles. The van der Waals surface area contributed by atoms with E-state index < -0.39 is 0 Å². The molecule has 1 aromatic heterocycles. The van der Waals surface area contributed by atoms with Crippen LogP contribution in [-0.4, -0.2) is 32.9 Å². The molecule has 3 aromatic carbocycles. The summed E-state index contributed by atoms with van der Waals surface area (Å²) in [5.41, 5.74) is 3.90. The number of aromatic nitrogens is 2. The molecule has 1 N–H and O–H groups in total. The van der Waals surface area contributed by atoms with Gasteiger partial charge in [-0.15, -0.1) is 0 Å². The van der Waals surface area contributed by atoms with Crippen LogP contribution in [0.15, 0.2) is 73.1 Å². The first kappa shape index (κ1) is 20.8. The van der Waals surface area contributed by atoms with E-state index in [-0.39, 0.29) is 24.3 Å². The lowest BCUT2D eigenvalue weighted by molar-refractivity contribution is 0.0728. The van der Waals surface area contributed by atoms with E-state index in [4.69, 9.17) is 0 Å². The Labute approximate surface area is 197 Å². The summed E-state index contributed by atoms with van der Waals surface area (Å²) >= 11 is 0. The van der Waals surface area contributed by atoms with Crippen LogP contribution in [-0.2, 0) is 6.54 Å². The molecule has 1 heterocycles. The first-order valence-corrected chi connectivity index (χ1v) is 11.8. The molecule has 2 saturated carbocycles. The van der Waals surface area contributed by atoms with Gasteiger partial charge in [-0.2, -0.15) is 0 Å². The van der Waals surface area contributed by atoms with Gasteiger partial charge in [-0.05, 0) is 73.2 Å². The van der Waals surface area contributed by atoms with Crippen LogP contribution in [0.5, 0.6) is 0 Å². The molecule has 0 saturated heterocycles. The summed E-state index contributed by atoms with van der Waals surface area (Å²) in [6, 6.07) is 21.1. The lowest BCUT2D eigenvalue weighted by Crippen LogP contribution is -2.32. The number of anilines is 1. The number of hydrogen-bond acceptors (Lipinski definition) is 4. The highest BCUT2D eigenvalue weighted by Gasteiger charge is 2.33. The minimum Gasteiger partial charge on any atom is -0.367 e. The zero-order valence-electron chi connectivity index (χ0n) is 18.7. The number of carbonyl (C=O) groups is 1. The van der Waals surface area contributed by atoms with Gasteiger partial charge in [0.1, 0.15) is 18.0 Å². The zero-order chi connectivity index (χ0) is 23.1. The molecule has 170 valence electrons. The Morgan fingerprint density at radius 3 is 2.47 bits per heavy atom. The van der Waals surface area contributed by atoms with Crippen molar-refractivity contribution in [1.29, 1.82) is 0 Å². The average Bonchev–Trinajstić information content (AvgIpc) is 3.79. The van der Waals surface area contributed by atoms with E-state index in [0.717, 1.165) is 53.5 Å². The number of rotatable bonds is 7. The lowest BCUT2D eigenvalue weighted by Gasteiger charge is -2.23. The standard InChI is InChI=1S/C28H25FN4O/c29-25-12-6-19(20-7-13-26-24(15-20)27(31-17-30-26)32-22-8-9-22)14-21(25)16-33(23-10-11-23)28(34)18-4-2-1-3-5-18/h1-7,12-15,17,22-23H,8-11,16H2,(H,30,31,32). The van der Waals surface area contributed by atoms with Crippen LogP contribution in [0.25, 0.3) is 22.0 Å². The predicted molar refractivity (Wildman–Crippen MR) is 131 cm³/mol. The second-order valence-corrected chi connectivity index (χ2v) is 9.21. The molecule has 0 atom stereocenters. The maximum atomic E-state index is 14.9. The van der Waals surface area contributed by atoms with Gasteiger partial charge in [0.2, 0.25) is 0 Å². The highest BCUT2D eigenvalue weighted by molar-refractivity contribution is 5.95. The number of carbonyl (C=O) groups excluding carboxylic acids is 1. The number of halogens is 1. The Morgan fingerprint density at radius 2 is 1.71 bits per heavy atom.